The Labute approximate surface area is 117 Å². The van der Waals surface area contributed by atoms with Gasteiger partial charge in [0.2, 0.25) is 10.0 Å². The highest BCUT2D eigenvalue weighted by Crippen LogP contribution is 2.16. The molecule has 0 amide bonds. The van der Waals surface area contributed by atoms with Crippen LogP contribution in [0.25, 0.3) is 0 Å². The molecule has 0 saturated carbocycles. The van der Waals surface area contributed by atoms with Crippen molar-refractivity contribution in [3.63, 3.8) is 0 Å². The van der Waals surface area contributed by atoms with Crippen LogP contribution in [0.1, 0.15) is 5.56 Å². The minimum absolute atomic E-state index is 0.0333. The fourth-order valence-corrected chi connectivity index (χ4v) is 2.71. The van der Waals surface area contributed by atoms with E-state index in [1.807, 2.05) is 0 Å². The van der Waals surface area contributed by atoms with E-state index in [-0.39, 0.29) is 17.2 Å². The fraction of sp³-hybridized carbons (Fsp3) is 0.143. The van der Waals surface area contributed by atoms with Crippen LogP contribution in [-0.2, 0) is 16.6 Å². The van der Waals surface area contributed by atoms with Crippen molar-refractivity contribution < 1.29 is 18.3 Å². The second-order valence-electron chi connectivity index (χ2n) is 4.17. The number of hydrogen-bond acceptors (Lipinski definition) is 4. The van der Waals surface area contributed by atoms with E-state index in [1.54, 1.807) is 31.4 Å². The molecule has 0 aliphatic carbocycles. The maximum absolute atomic E-state index is 12.0. The molecular weight excluding hydrogens is 278 g/mol. The van der Waals surface area contributed by atoms with Gasteiger partial charge in [-0.15, -0.1) is 0 Å². The van der Waals surface area contributed by atoms with Crippen molar-refractivity contribution in [2.45, 2.75) is 11.4 Å². The van der Waals surface area contributed by atoms with E-state index >= 15 is 0 Å². The van der Waals surface area contributed by atoms with Gasteiger partial charge in [-0.2, -0.15) is 0 Å². The summed E-state index contributed by atoms with van der Waals surface area (Å²) >= 11 is 0. The molecule has 106 valence electrons. The van der Waals surface area contributed by atoms with Crippen LogP contribution in [0.3, 0.4) is 0 Å². The van der Waals surface area contributed by atoms with Crippen LogP contribution in [-0.4, -0.2) is 20.6 Å². The molecule has 0 aliphatic rings. The Balaban J connectivity index is 2.09. The molecule has 2 aromatic carbocycles. The first-order valence-electron chi connectivity index (χ1n) is 5.93. The Morgan fingerprint density at radius 1 is 1.15 bits per heavy atom. The zero-order valence-corrected chi connectivity index (χ0v) is 11.7. The van der Waals surface area contributed by atoms with E-state index in [0.29, 0.717) is 5.75 Å². The summed E-state index contributed by atoms with van der Waals surface area (Å²) in [5, 5.41) is 9.31. The van der Waals surface area contributed by atoms with Gasteiger partial charge in [0.15, 0.2) is 0 Å². The minimum atomic E-state index is -3.64. The van der Waals surface area contributed by atoms with E-state index in [0.717, 1.165) is 5.56 Å². The van der Waals surface area contributed by atoms with E-state index in [2.05, 4.69) is 4.72 Å². The van der Waals surface area contributed by atoms with Crippen molar-refractivity contribution in [1.29, 1.82) is 0 Å². The predicted molar refractivity (Wildman–Crippen MR) is 75.1 cm³/mol. The molecule has 20 heavy (non-hydrogen) atoms. The van der Waals surface area contributed by atoms with Gasteiger partial charge in [-0.05, 0) is 35.9 Å². The third-order valence-corrected chi connectivity index (χ3v) is 4.15. The number of aromatic hydroxyl groups is 1. The molecule has 0 spiro atoms. The lowest BCUT2D eigenvalue weighted by molar-refractivity contribution is 0.414. The number of sulfonamides is 1. The van der Waals surface area contributed by atoms with E-state index in [4.69, 9.17) is 4.74 Å². The second-order valence-corrected chi connectivity index (χ2v) is 5.94. The van der Waals surface area contributed by atoms with Gasteiger partial charge in [0.1, 0.15) is 11.5 Å². The molecule has 2 aromatic rings. The quantitative estimate of drug-likeness (QED) is 0.882. The van der Waals surface area contributed by atoms with Crippen molar-refractivity contribution in [1.82, 2.24) is 4.72 Å². The highest BCUT2D eigenvalue weighted by atomic mass is 32.2. The number of methoxy groups -OCH3 is 1. The van der Waals surface area contributed by atoms with Gasteiger partial charge in [0.25, 0.3) is 0 Å². The lowest BCUT2D eigenvalue weighted by atomic mass is 10.2. The highest BCUT2D eigenvalue weighted by Gasteiger charge is 2.13. The zero-order valence-electron chi connectivity index (χ0n) is 10.9. The number of ether oxygens (including phenoxy) is 1. The largest absolute Gasteiger partial charge is 0.508 e. The Bertz CT molecular complexity index is 681. The first-order valence-corrected chi connectivity index (χ1v) is 7.41. The molecule has 0 radical (unpaired) electrons. The molecule has 0 saturated heterocycles. The molecule has 0 unspecified atom stereocenters. The summed E-state index contributed by atoms with van der Waals surface area (Å²) in [6, 6.07) is 12.6. The molecule has 6 heteroatoms. The van der Waals surface area contributed by atoms with Crippen molar-refractivity contribution in [3.8, 4) is 11.5 Å². The number of nitrogens with one attached hydrogen (secondary N) is 1. The molecule has 0 atom stereocenters. The van der Waals surface area contributed by atoms with Crippen LogP contribution in [0.5, 0.6) is 11.5 Å². The summed E-state index contributed by atoms with van der Waals surface area (Å²) in [5.41, 5.74) is 0.814. The van der Waals surface area contributed by atoms with Gasteiger partial charge in [-0.25, -0.2) is 13.1 Å². The SMILES string of the molecule is COc1ccc(CNS(=O)(=O)c2cccc(O)c2)cc1. The summed E-state index contributed by atoms with van der Waals surface area (Å²) in [4.78, 5) is 0.0333. The molecule has 2 N–H and O–H groups in total. The maximum Gasteiger partial charge on any atom is 0.241 e. The lowest BCUT2D eigenvalue weighted by Crippen LogP contribution is -2.23. The zero-order chi connectivity index (χ0) is 14.6. The maximum atomic E-state index is 12.0. The molecule has 2 rings (SSSR count). The molecule has 0 heterocycles. The summed E-state index contributed by atoms with van der Waals surface area (Å²) < 4.78 is 31.6. The topological polar surface area (TPSA) is 75.6 Å². The predicted octanol–water partition coefficient (Wildman–Crippen LogP) is 1.88. The van der Waals surface area contributed by atoms with Crippen LogP contribution in [0.4, 0.5) is 0 Å². The molecule has 0 aliphatic heterocycles. The van der Waals surface area contributed by atoms with Crippen LogP contribution in [0.15, 0.2) is 53.4 Å². The van der Waals surface area contributed by atoms with Gasteiger partial charge in [-0.1, -0.05) is 18.2 Å². The second kappa shape index (κ2) is 5.94. The third-order valence-electron chi connectivity index (χ3n) is 2.75. The van der Waals surface area contributed by atoms with E-state index < -0.39 is 10.0 Å². The van der Waals surface area contributed by atoms with Crippen molar-refractivity contribution in [2.75, 3.05) is 7.11 Å². The van der Waals surface area contributed by atoms with Crippen LogP contribution < -0.4 is 9.46 Å². The Kier molecular flexibility index (Phi) is 4.26. The van der Waals surface area contributed by atoms with Crippen LogP contribution in [0, 0.1) is 0 Å². The smallest absolute Gasteiger partial charge is 0.241 e. The molecule has 0 fully saturated rings. The minimum Gasteiger partial charge on any atom is -0.508 e. The van der Waals surface area contributed by atoms with Gasteiger partial charge < -0.3 is 9.84 Å². The highest BCUT2D eigenvalue weighted by molar-refractivity contribution is 7.89. The number of hydrogen-bond donors (Lipinski definition) is 2. The summed E-state index contributed by atoms with van der Waals surface area (Å²) in [6.07, 6.45) is 0. The molecule has 5 nitrogen and oxygen atoms in total. The number of benzene rings is 2. The van der Waals surface area contributed by atoms with E-state index in [1.165, 1.54) is 24.3 Å². The summed E-state index contributed by atoms with van der Waals surface area (Å²) in [7, 11) is -2.07. The van der Waals surface area contributed by atoms with Crippen molar-refractivity contribution >= 4 is 10.0 Å². The number of phenolic OH excluding ortho intramolecular Hbond substituents is 1. The normalized spacial score (nSPS) is 11.2. The fourth-order valence-electron chi connectivity index (χ4n) is 1.66. The number of rotatable bonds is 5. The first-order chi connectivity index (χ1) is 9.51. The summed E-state index contributed by atoms with van der Waals surface area (Å²) in [5.74, 6) is 0.627. The Morgan fingerprint density at radius 3 is 2.45 bits per heavy atom. The average molecular weight is 293 g/mol. The van der Waals surface area contributed by atoms with Gasteiger partial charge in [0.05, 0.1) is 12.0 Å². The van der Waals surface area contributed by atoms with Gasteiger partial charge >= 0.3 is 0 Å². The molecule has 0 bridgehead atoms. The average Bonchev–Trinajstić information content (AvgIpc) is 2.46. The Hall–Kier alpha value is -2.05. The van der Waals surface area contributed by atoms with Crippen LogP contribution >= 0.6 is 0 Å². The summed E-state index contributed by atoms with van der Waals surface area (Å²) in [6.45, 7) is 0.169. The van der Waals surface area contributed by atoms with Gasteiger partial charge in [0, 0.05) is 6.54 Å². The lowest BCUT2D eigenvalue weighted by Gasteiger charge is -2.08. The third kappa shape index (κ3) is 3.49. The van der Waals surface area contributed by atoms with Gasteiger partial charge in [-0.3, -0.25) is 0 Å². The molecule has 0 aromatic heterocycles. The van der Waals surface area contributed by atoms with Crippen molar-refractivity contribution in [3.05, 3.63) is 54.1 Å². The molecular formula is C14H15NO4S. The first kappa shape index (κ1) is 14.4. The monoisotopic (exact) mass is 293 g/mol. The Morgan fingerprint density at radius 2 is 1.85 bits per heavy atom. The number of phenols is 1. The van der Waals surface area contributed by atoms with Crippen LogP contribution in [0.2, 0.25) is 0 Å². The standard InChI is InChI=1S/C14H15NO4S/c1-19-13-7-5-11(6-8-13)10-15-20(17,18)14-4-2-3-12(16)9-14/h2-9,15-16H,10H2,1H3. The van der Waals surface area contributed by atoms with Crippen molar-refractivity contribution in [2.24, 2.45) is 0 Å². The van der Waals surface area contributed by atoms with E-state index in [9.17, 15) is 13.5 Å².